The molecule has 0 saturated heterocycles. The molecule has 0 aliphatic heterocycles. The molecule has 0 aliphatic carbocycles. The maximum Gasteiger partial charge on any atom is 0.226 e. The largest absolute Gasteiger partial charge is 0.368 e. The molecule has 3 aromatic heterocycles. The lowest BCUT2D eigenvalue weighted by Gasteiger charge is -2.08. The van der Waals surface area contributed by atoms with Crippen LogP contribution in [0.5, 0.6) is 0 Å². The van der Waals surface area contributed by atoms with Gasteiger partial charge in [0.25, 0.3) is 0 Å². The summed E-state index contributed by atoms with van der Waals surface area (Å²) in [5.74, 6) is 1.34. The first-order valence-electron chi connectivity index (χ1n) is 6.93. The molecule has 3 N–H and O–H groups in total. The quantitative estimate of drug-likeness (QED) is 0.629. The average Bonchev–Trinajstić information content (AvgIpc) is 3.08. The van der Waals surface area contributed by atoms with Crippen LogP contribution in [0, 0.1) is 0 Å². The highest BCUT2D eigenvalue weighted by Gasteiger charge is 2.09. The first-order chi connectivity index (χ1) is 10.3. The minimum atomic E-state index is 0.581. The lowest BCUT2D eigenvalue weighted by Crippen LogP contribution is -2.10. The smallest absolute Gasteiger partial charge is 0.226 e. The number of anilines is 2. The minimum absolute atomic E-state index is 0.581. The molecule has 0 saturated carbocycles. The Morgan fingerprint density at radius 2 is 2.19 bits per heavy atom. The van der Waals surface area contributed by atoms with Gasteiger partial charge in [0.05, 0.1) is 12.0 Å². The number of hydrogen-bond donors (Lipinski definition) is 3. The van der Waals surface area contributed by atoms with Crippen LogP contribution in [-0.2, 0) is 13.5 Å². The van der Waals surface area contributed by atoms with Crippen molar-refractivity contribution < 1.29 is 0 Å². The van der Waals surface area contributed by atoms with Gasteiger partial charge in [-0.2, -0.15) is 15.1 Å². The van der Waals surface area contributed by atoms with Gasteiger partial charge in [-0.1, -0.05) is 0 Å². The van der Waals surface area contributed by atoms with E-state index in [1.807, 2.05) is 26.2 Å². The molecular formula is C13H18N8. The lowest BCUT2D eigenvalue weighted by atomic mass is 10.3. The Morgan fingerprint density at radius 3 is 2.95 bits per heavy atom. The third-order valence-corrected chi connectivity index (χ3v) is 3.06. The first kappa shape index (κ1) is 13.3. The Kier molecular flexibility index (Phi) is 3.67. The van der Waals surface area contributed by atoms with E-state index in [-0.39, 0.29) is 0 Å². The summed E-state index contributed by atoms with van der Waals surface area (Å²) in [5.41, 5.74) is 2.52. The number of imidazole rings is 1. The van der Waals surface area contributed by atoms with E-state index in [4.69, 9.17) is 0 Å². The van der Waals surface area contributed by atoms with E-state index < -0.39 is 0 Å². The number of nitrogens with one attached hydrogen (secondary N) is 3. The topological polar surface area (TPSA) is 96.3 Å². The van der Waals surface area contributed by atoms with E-state index >= 15 is 0 Å². The maximum absolute atomic E-state index is 4.47. The zero-order chi connectivity index (χ0) is 14.7. The highest BCUT2D eigenvalue weighted by Crippen LogP contribution is 2.18. The fourth-order valence-corrected chi connectivity index (χ4v) is 2.10. The van der Waals surface area contributed by atoms with Crippen LogP contribution < -0.4 is 10.6 Å². The summed E-state index contributed by atoms with van der Waals surface area (Å²) in [7, 11) is 1.91. The van der Waals surface area contributed by atoms with E-state index in [9.17, 15) is 0 Å². The van der Waals surface area contributed by atoms with Crippen LogP contribution in [0.15, 0.2) is 18.6 Å². The van der Waals surface area contributed by atoms with E-state index in [2.05, 4.69) is 35.7 Å². The molecule has 8 heteroatoms. The molecule has 0 aromatic carbocycles. The molecule has 3 heterocycles. The van der Waals surface area contributed by atoms with Crippen molar-refractivity contribution in [2.75, 3.05) is 23.7 Å². The third-order valence-electron chi connectivity index (χ3n) is 3.06. The van der Waals surface area contributed by atoms with Gasteiger partial charge in [0.1, 0.15) is 5.52 Å². The van der Waals surface area contributed by atoms with Crippen molar-refractivity contribution in [3.63, 3.8) is 0 Å². The predicted molar refractivity (Wildman–Crippen MR) is 81.2 cm³/mol. The number of H-pyrrole nitrogens is 1. The number of aryl methyl sites for hydroxylation is 1. The Bertz CT molecular complexity index is 729. The first-order valence-corrected chi connectivity index (χ1v) is 6.93. The highest BCUT2D eigenvalue weighted by atomic mass is 15.2. The van der Waals surface area contributed by atoms with Crippen molar-refractivity contribution in [1.82, 2.24) is 29.7 Å². The summed E-state index contributed by atoms with van der Waals surface area (Å²) in [4.78, 5) is 16.1. The van der Waals surface area contributed by atoms with Crippen LogP contribution in [0.2, 0.25) is 0 Å². The van der Waals surface area contributed by atoms with Crippen molar-refractivity contribution in [2.45, 2.75) is 13.3 Å². The molecule has 0 radical (unpaired) electrons. The molecule has 3 aromatic rings. The van der Waals surface area contributed by atoms with Gasteiger partial charge in [0, 0.05) is 32.8 Å². The zero-order valence-corrected chi connectivity index (χ0v) is 12.1. The molecule has 21 heavy (non-hydrogen) atoms. The molecule has 8 nitrogen and oxygen atoms in total. The van der Waals surface area contributed by atoms with Gasteiger partial charge in [-0.05, 0) is 13.0 Å². The van der Waals surface area contributed by atoms with Gasteiger partial charge in [-0.25, -0.2) is 4.98 Å². The predicted octanol–water partition coefficient (Wildman–Crippen LogP) is 1.17. The van der Waals surface area contributed by atoms with Gasteiger partial charge in [-0.15, -0.1) is 0 Å². The fraction of sp³-hybridized carbons (Fsp3) is 0.385. The Morgan fingerprint density at radius 1 is 1.29 bits per heavy atom. The number of nitrogens with zero attached hydrogens (tertiary/aromatic N) is 5. The third kappa shape index (κ3) is 2.93. The normalized spacial score (nSPS) is 11.0. The van der Waals surface area contributed by atoms with Gasteiger partial charge < -0.3 is 15.6 Å². The second kappa shape index (κ2) is 5.78. The summed E-state index contributed by atoms with van der Waals surface area (Å²) < 4.78 is 1.80. The SMILES string of the molecule is CCNc1nc(NCCc2ccn(C)n2)c2[nH]cnc2n1. The summed E-state index contributed by atoms with van der Waals surface area (Å²) in [6.07, 6.45) is 4.40. The maximum atomic E-state index is 4.47. The second-order valence-corrected chi connectivity index (χ2v) is 4.68. The van der Waals surface area contributed by atoms with Crippen LogP contribution in [-0.4, -0.2) is 42.8 Å². The Labute approximate surface area is 122 Å². The summed E-state index contributed by atoms with van der Waals surface area (Å²) >= 11 is 0. The van der Waals surface area contributed by atoms with Crippen LogP contribution in [0.25, 0.3) is 11.2 Å². The van der Waals surface area contributed by atoms with Crippen molar-refractivity contribution >= 4 is 22.9 Å². The highest BCUT2D eigenvalue weighted by molar-refractivity contribution is 5.83. The molecule has 0 fully saturated rings. The summed E-state index contributed by atoms with van der Waals surface area (Å²) in [6, 6.07) is 2.01. The van der Waals surface area contributed by atoms with Crippen LogP contribution in [0.4, 0.5) is 11.8 Å². The Hall–Kier alpha value is -2.64. The second-order valence-electron chi connectivity index (χ2n) is 4.68. The molecule has 3 rings (SSSR count). The van der Waals surface area contributed by atoms with E-state index in [0.717, 1.165) is 36.5 Å². The molecule has 0 unspecified atom stereocenters. The summed E-state index contributed by atoms with van der Waals surface area (Å²) in [6.45, 7) is 3.52. The molecule has 0 atom stereocenters. The van der Waals surface area contributed by atoms with E-state index in [1.165, 1.54) is 0 Å². The molecule has 0 amide bonds. The van der Waals surface area contributed by atoms with E-state index in [1.54, 1.807) is 11.0 Å². The molecular weight excluding hydrogens is 268 g/mol. The number of fused-ring (bicyclic) bond motifs is 1. The van der Waals surface area contributed by atoms with E-state index in [0.29, 0.717) is 11.6 Å². The van der Waals surface area contributed by atoms with Crippen molar-refractivity contribution in [3.8, 4) is 0 Å². The molecule has 110 valence electrons. The fourth-order valence-electron chi connectivity index (χ4n) is 2.10. The Balaban J connectivity index is 1.74. The number of hydrogen-bond acceptors (Lipinski definition) is 6. The molecule has 0 aliphatic rings. The number of rotatable bonds is 6. The van der Waals surface area contributed by atoms with Crippen LogP contribution >= 0.6 is 0 Å². The minimum Gasteiger partial charge on any atom is -0.368 e. The van der Waals surface area contributed by atoms with Gasteiger partial charge in [-0.3, -0.25) is 4.68 Å². The molecule has 0 spiro atoms. The van der Waals surface area contributed by atoms with Gasteiger partial charge in [0.15, 0.2) is 11.5 Å². The number of aromatic amines is 1. The van der Waals surface area contributed by atoms with Crippen LogP contribution in [0.3, 0.4) is 0 Å². The summed E-state index contributed by atoms with van der Waals surface area (Å²) in [5, 5.41) is 10.8. The number of aromatic nitrogens is 6. The lowest BCUT2D eigenvalue weighted by molar-refractivity contribution is 0.742. The van der Waals surface area contributed by atoms with Gasteiger partial charge in [0.2, 0.25) is 5.95 Å². The van der Waals surface area contributed by atoms with Gasteiger partial charge >= 0.3 is 0 Å². The average molecular weight is 286 g/mol. The zero-order valence-electron chi connectivity index (χ0n) is 12.1. The van der Waals surface area contributed by atoms with Crippen molar-refractivity contribution in [2.24, 2.45) is 7.05 Å². The monoisotopic (exact) mass is 286 g/mol. The van der Waals surface area contributed by atoms with Crippen molar-refractivity contribution in [3.05, 3.63) is 24.3 Å². The van der Waals surface area contributed by atoms with Crippen molar-refractivity contribution in [1.29, 1.82) is 0 Å². The standard InChI is InChI=1S/C13H18N8/c1-3-14-13-18-11(10-12(19-13)17-8-16-10)15-6-4-9-5-7-21(2)20-9/h5,7-8H,3-4,6H2,1-2H3,(H3,14,15,16,17,18,19). The molecule has 0 bridgehead atoms. The van der Waals surface area contributed by atoms with Crippen LogP contribution in [0.1, 0.15) is 12.6 Å².